The van der Waals surface area contributed by atoms with Gasteiger partial charge in [-0.05, 0) is 42.0 Å². The van der Waals surface area contributed by atoms with Crippen LogP contribution < -0.4 is 20.7 Å². The smallest absolute Gasteiger partial charge is 0.406 e. The van der Waals surface area contributed by atoms with Gasteiger partial charge in [0, 0.05) is 32.0 Å². The quantitative estimate of drug-likeness (QED) is 0.299. The van der Waals surface area contributed by atoms with Gasteiger partial charge in [-0.1, -0.05) is 0 Å². The van der Waals surface area contributed by atoms with Crippen LogP contribution in [0.2, 0.25) is 0 Å². The van der Waals surface area contributed by atoms with Crippen LogP contribution in [0.3, 0.4) is 0 Å². The predicted molar refractivity (Wildman–Crippen MR) is 117 cm³/mol. The molecule has 3 rings (SSSR count). The molecule has 0 aliphatic rings. The van der Waals surface area contributed by atoms with Crippen molar-refractivity contribution in [1.82, 2.24) is 14.8 Å². The molecule has 2 aromatic heterocycles. The summed E-state index contributed by atoms with van der Waals surface area (Å²) in [6.07, 6.45) is -2.76. The van der Waals surface area contributed by atoms with E-state index < -0.39 is 24.1 Å². The highest BCUT2D eigenvalue weighted by Gasteiger charge is 2.31. The molecule has 1 aromatic carbocycles. The summed E-state index contributed by atoms with van der Waals surface area (Å²) >= 11 is 0. The summed E-state index contributed by atoms with van der Waals surface area (Å²) in [6, 6.07) is 8.29. The van der Waals surface area contributed by atoms with Crippen molar-refractivity contribution in [1.29, 1.82) is 0 Å². The van der Waals surface area contributed by atoms with Crippen LogP contribution in [-0.2, 0) is 13.6 Å². The average molecular weight is 480 g/mol. The first kappa shape index (κ1) is 24.8. The van der Waals surface area contributed by atoms with E-state index in [0.717, 1.165) is 17.7 Å². The van der Waals surface area contributed by atoms with E-state index in [1.807, 2.05) is 0 Å². The Morgan fingerprint density at radius 3 is 2.62 bits per heavy atom. The molecule has 0 bridgehead atoms. The van der Waals surface area contributed by atoms with Gasteiger partial charge in [-0.2, -0.15) is 5.10 Å². The van der Waals surface area contributed by atoms with Crippen molar-refractivity contribution >= 4 is 23.2 Å². The Labute approximate surface area is 192 Å². The molecule has 1 atom stereocenters. The van der Waals surface area contributed by atoms with E-state index in [1.54, 1.807) is 25.4 Å². The lowest BCUT2D eigenvalue weighted by Gasteiger charge is -2.13. The second-order valence-electron chi connectivity index (χ2n) is 7.18. The van der Waals surface area contributed by atoms with E-state index >= 15 is 0 Å². The number of carbonyl (C=O) groups is 1. The molecule has 0 saturated heterocycles. The lowest BCUT2D eigenvalue weighted by molar-refractivity contribution is -0.274. The molecule has 0 spiro atoms. The summed E-state index contributed by atoms with van der Waals surface area (Å²) in [5, 5.41) is 31.1. The zero-order chi connectivity index (χ0) is 24.7. The van der Waals surface area contributed by atoms with Gasteiger partial charge in [0.05, 0.1) is 18.9 Å². The first-order valence-electron chi connectivity index (χ1n) is 10.1. The van der Waals surface area contributed by atoms with Gasteiger partial charge >= 0.3 is 6.36 Å². The van der Waals surface area contributed by atoms with E-state index in [0.29, 0.717) is 18.2 Å². The second kappa shape index (κ2) is 10.9. The predicted octanol–water partition coefficient (Wildman–Crippen LogP) is 2.34. The molecule has 1 unspecified atom stereocenters. The molecule has 1 amide bonds. The van der Waals surface area contributed by atoms with Crippen LogP contribution in [0.25, 0.3) is 0 Å². The number of anilines is 3. The SMILES string of the molecule is Cn1ncc(C(=O)Nc2ccc(OC(F)(F)F)cc2)c1NCc1ccnc(NCC(O)CO)c1. The number of aryl methyl sites for hydroxylation is 1. The first-order chi connectivity index (χ1) is 16.1. The molecule has 0 radical (unpaired) electrons. The number of halogens is 3. The van der Waals surface area contributed by atoms with Crippen molar-refractivity contribution in [3.05, 3.63) is 59.9 Å². The summed E-state index contributed by atoms with van der Waals surface area (Å²) in [5.41, 5.74) is 1.34. The largest absolute Gasteiger partial charge is 0.573 e. The molecule has 0 aliphatic heterocycles. The standard InChI is InChI=1S/C21H23F3N6O4/c1-30-19(27-9-13-6-7-25-18(8-13)26-10-15(32)12-31)17(11-28-30)20(33)29-14-2-4-16(5-3-14)34-21(22,23)24/h2-8,11,15,27,31-32H,9-10,12H2,1H3,(H,25,26)(H,29,33). The Bertz CT molecular complexity index is 1100. The normalized spacial score (nSPS) is 12.2. The number of amides is 1. The summed E-state index contributed by atoms with van der Waals surface area (Å²) < 4.78 is 42.2. The van der Waals surface area contributed by atoms with Crippen molar-refractivity contribution in [2.24, 2.45) is 7.05 Å². The second-order valence-corrected chi connectivity index (χ2v) is 7.18. The summed E-state index contributed by atoms with van der Waals surface area (Å²) in [4.78, 5) is 16.9. The lowest BCUT2D eigenvalue weighted by Crippen LogP contribution is -2.23. The number of ether oxygens (including phenoxy) is 1. The van der Waals surface area contributed by atoms with Crippen molar-refractivity contribution in [3.63, 3.8) is 0 Å². The highest BCUT2D eigenvalue weighted by Crippen LogP contribution is 2.25. The number of aliphatic hydroxyl groups excluding tert-OH is 2. The molecule has 0 saturated carbocycles. The van der Waals surface area contributed by atoms with Gasteiger partial charge in [0.1, 0.15) is 22.9 Å². The molecule has 182 valence electrons. The van der Waals surface area contributed by atoms with Crippen molar-refractivity contribution in [2.45, 2.75) is 19.0 Å². The van der Waals surface area contributed by atoms with Crippen molar-refractivity contribution in [3.8, 4) is 5.75 Å². The van der Waals surface area contributed by atoms with Gasteiger partial charge in [0.25, 0.3) is 5.91 Å². The number of pyridine rings is 1. The Morgan fingerprint density at radius 2 is 1.94 bits per heavy atom. The Morgan fingerprint density at radius 1 is 1.21 bits per heavy atom. The molecular formula is C21H23F3N6O4. The highest BCUT2D eigenvalue weighted by atomic mass is 19.4. The zero-order valence-corrected chi connectivity index (χ0v) is 18.0. The average Bonchev–Trinajstić information content (AvgIpc) is 3.17. The fraction of sp³-hybridized carbons (Fsp3) is 0.286. The third-order valence-corrected chi connectivity index (χ3v) is 4.54. The fourth-order valence-electron chi connectivity index (χ4n) is 2.91. The van der Waals surface area contributed by atoms with Gasteiger partial charge in [0.15, 0.2) is 0 Å². The molecule has 34 heavy (non-hydrogen) atoms. The van der Waals surface area contributed by atoms with Gasteiger partial charge in [-0.25, -0.2) is 4.98 Å². The number of nitrogens with zero attached hydrogens (tertiary/aromatic N) is 3. The Balaban J connectivity index is 1.63. The van der Waals surface area contributed by atoms with E-state index in [1.165, 1.54) is 23.0 Å². The van der Waals surface area contributed by atoms with E-state index in [4.69, 9.17) is 5.11 Å². The van der Waals surface area contributed by atoms with Crippen molar-refractivity contribution < 1.29 is 32.9 Å². The maximum atomic E-state index is 12.7. The molecule has 2 heterocycles. The minimum Gasteiger partial charge on any atom is -0.406 e. The number of nitrogens with one attached hydrogen (secondary N) is 3. The molecule has 10 nitrogen and oxygen atoms in total. The zero-order valence-electron chi connectivity index (χ0n) is 18.0. The van der Waals surface area contributed by atoms with Crippen LogP contribution in [0.1, 0.15) is 15.9 Å². The van der Waals surface area contributed by atoms with Crippen LogP contribution in [0.5, 0.6) is 5.75 Å². The van der Waals surface area contributed by atoms with Gasteiger partial charge in [-0.3, -0.25) is 9.48 Å². The lowest BCUT2D eigenvalue weighted by atomic mass is 10.2. The fourth-order valence-corrected chi connectivity index (χ4v) is 2.91. The van der Waals surface area contributed by atoms with Crippen LogP contribution in [-0.4, -0.2) is 56.5 Å². The summed E-state index contributed by atoms with van der Waals surface area (Å²) in [5.74, 6) is 0.0331. The number of aromatic nitrogens is 3. The van der Waals surface area contributed by atoms with E-state index in [-0.39, 0.29) is 24.4 Å². The van der Waals surface area contributed by atoms with Gasteiger partial charge < -0.3 is 30.9 Å². The third kappa shape index (κ3) is 7.08. The molecule has 3 aromatic rings. The maximum Gasteiger partial charge on any atom is 0.573 e. The molecule has 5 N–H and O–H groups in total. The number of aliphatic hydroxyl groups is 2. The Kier molecular flexibility index (Phi) is 7.91. The third-order valence-electron chi connectivity index (χ3n) is 4.54. The van der Waals surface area contributed by atoms with Gasteiger partial charge in [-0.15, -0.1) is 13.2 Å². The van der Waals surface area contributed by atoms with Crippen LogP contribution in [0.15, 0.2) is 48.8 Å². The summed E-state index contributed by atoms with van der Waals surface area (Å²) in [6.45, 7) is 0.0871. The summed E-state index contributed by atoms with van der Waals surface area (Å²) in [7, 11) is 1.65. The van der Waals surface area contributed by atoms with Crippen LogP contribution >= 0.6 is 0 Å². The minimum absolute atomic E-state index is 0.135. The number of benzene rings is 1. The highest BCUT2D eigenvalue weighted by molar-refractivity contribution is 6.07. The van der Waals surface area contributed by atoms with Crippen molar-refractivity contribution in [2.75, 3.05) is 29.1 Å². The van der Waals surface area contributed by atoms with Gasteiger partial charge in [0.2, 0.25) is 0 Å². The van der Waals surface area contributed by atoms with Crippen LogP contribution in [0, 0.1) is 0 Å². The number of rotatable bonds is 10. The number of carbonyl (C=O) groups excluding carboxylic acids is 1. The van der Waals surface area contributed by atoms with Crippen LogP contribution in [0.4, 0.5) is 30.5 Å². The Hall–Kier alpha value is -3.84. The maximum absolute atomic E-state index is 12.7. The molecule has 13 heteroatoms. The monoisotopic (exact) mass is 480 g/mol. The van der Waals surface area contributed by atoms with E-state index in [9.17, 15) is 23.1 Å². The topological polar surface area (TPSA) is 134 Å². The number of hydrogen-bond donors (Lipinski definition) is 5. The molecular weight excluding hydrogens is 457 g/mol. The molecule has 0 fully saturated rings. The number of hydrogen-bond acceptors (Lipinski definition) is 8. The molecule has 0 aliphatic carbocycles. The number of alkyl halides is 3. The van der Waals surface area contributed by atoms with E-state index in [2.05, 4.69) is 30.8 Å². The minimum atomic E-state index is -4.80. The first-order valence-corrected chi connectivity index (χ1v) is 10.1.